The van der Waals surface area contributed by atoms with Crippen LogP contribution in [-0.2, 0) is 39.1 Å². The molecule has 4 heterocycles. The average molecular weight is 593 g/mol. The third kappa shape index (κ3) is 4.24. The lowest BCUT2D eigenvalue weighted by atomic mass is 9.77. The van der Waals surface area contributed by atoms with Crippen molar-refractivity contribution in [3.05, 3.63) is 78.0 Å². The average Bonchev–Trinajstić information content (AvgIpc) is 3.49. The summed E-state index contributed by atoms with van der Waals surface area (Å²) in [7, 11) is -4.13. The molecular formula is C30H32N4O7S. The van der Waals surface area contributed by atoms with Gasteiger partial charge in [0.05, 0.1) is 60.0 Å². The Labute approximate surface area is 243 Å². The highest BCUT2D eigenvalue weighted by Gasteiger charge is 2.59. The molecule has 3 aliphatic heterocycles. The van der Waals surface area contributed by atoms with Gasteiger partial charge in [0, 0.05) is 23.5 Å². The van der Waals surface area contributed by atoms with Crippen molar-refractivity contribution in [2.24, 2.45) is 11.8 Å². The van der Waals surface area contributed by atoms with E-state index < -0.39 is 45.9 Å². The monoisotopic (exact) mass is 592 g/mol. The summed E-state index contributed by atoms with van der Waals surface area (Å²) < 4.78 is 33.6. The molecule has 0 saturated carbocycles. The number of aliphatic carboxylic acids is 1. The number of amides is 1. The number of para-hydroxylation sites is 1. The summed E-state index contributed by atoms with van der Waals surface area (Å²) in [5.41, 5.74) is 2.56. The molecule has 3 aromatic rings. The van der Waals surface area contributed by atoms with Crippen LogP contribution in [0.4, 0.5) is 5.69 Å². The minimum atomic E-state index is -4.13. The van der Waals surface area contributed by atoms with Gasteiger partial charge < -0.3 is 25.0 Å². The van der Waals surface area contributed by atoms with E-state index in [4.69, 9.17) is 0 Å². The molecule has 220 valence electrons. The van der Waals surface area contributed by atoms with Crippen LogP contribution in [0.15, 0.2) is 77.4 Å². The zero-order chi connectivity index (χ0) is 29.9. The molecule has 12 heteroatoms. The first-order valence-electron chi connectivity index (χ1n) is 13.9. The molecule has 1 aromatic heterocycles. The Morgan fingerprint density at radius 1 is 1.17 bits per heavy atom. The molecule has 1 saturated heterocycles. The highest BCUT2D eigenvalue weighted by molar-refractivity contribution is 7.93. The number of aryl methyl sites for hydroxylation is 2. The topological polar surface area (TPSA) is 147 Å². The van der Waals surface area contributed by atoms with E-state index in [1.165, 1.54) is 11.2 Å². The lowest BCUT2D eigenvalue weighted by molar-refractivity contribution is -0.697. The number of imidazole rings is 1. The normalized spacial score (nSPS) is 22.9. The Hall–Kier alpha value is -4.00. The number of rotatable bonds is 9. The number of β-lactam (4-membered cyclic amide) rings is 1. The molecule has 0 unspecified atom stereocenters. The molecule has 2 N–H and O–H groups in total. The Kier molecular flexibility index (Phi) is 6.95. The van der Waals surface area contributed by atoms with Gasteiger partial charge in [-0.15, -0.1) is 0 Å². The van der Waals surface area contributed by atoms with Crippen LogP contribution in [0.5, 0.6) is 0 Å². The number of aromatic nitrogens is 2. The molecule has 11 nitrogen and oxygen atoms in total. The first kappa shape index (κ1) is 28.1. The highest BCUT2D eigenvalue weighted by atomic mass is 32.2. The summed E-state index contributed by atoms with van der Waals surface area (Å²) in [4.78, 5) is 26.4. The van der Waals surface area contributed by atoms with Crippen molar-refractivity contribution in [1.29, 1.82) is 0 Å². The summed E-state index contributed by atoms with van der Waals surface area (Å²) in [6, 6.07) is 11.7. The molecule has 6 rings (SSSR count). The van der Waals surface area contributed by atoms with Crippen LogP contribution >= 0.6 is 0 Å². The van der Waals surface area contributed by atoms with Crippen LogP contribution < -0.4 is 14.0 Å². The van der Waals surface area contributed by atoms with Gasteiger partial charge >= 0.3 is 0 Å². The largest absolute Gasteiger partial charge is 0.543 e. The fourth-order valence-electron chi connectivity index (χ4n) is 6.69. The lowest BCUT2D eigenvalue weighted by Crippen LogP contribution is -2.64. The number of anilines is 1. The van der Waals surface area contributed by atoms with Crippen molar-refractivity contribution in [3.63, 3.8) is 0 Å². The Morgan fingerprint density at radius 2 is 1.93 bits per heavy atom. The van der Waals surface area contributed by atoms with E-state index in [0.717, 1.165) is 10.5 Å². The predicted molar refractivity (Wildman–Crippen MR) is 149 cm³/mol. The molecule has 1 fully saturated rings. The van der Waals surface area contributed by atoms with Gasteiger partial charge in [0.15, 0.2) is 0 Å². The van der Waals surface area contributed by atoms with E-state index in [9.17, 15) is 33.3 Å². The van der Waals surface area contributed by atoms with Crippen molar-refractivity contribution >= 4 is 27.6 Å². The van der Waals surface area contributed by atoms with Gasteiger partial charge in [-0.25, -0.2) is 17.6 Å². The van der Waals surface area contributed by atoms with E-state index >= 15 is 0 Å². The number of nitrogens with zero attached hydrogens (tertiary/aromatic N) is 4. The fourth-order valence-corrected chi connectivity index (χ4v) is 8.41. The van der Waals surface area contributed by atoms with Crippen LogP contribution in [0.25, 0.3) is 11.1 Å². The third-order valence-electron chi connectivity index (χ3n) is 8.69. The molecule has 0 bridgehead atoms. The summed E-state index contributed by atoms with van der Waals surface area (Å²) in [5.74, 6) is -3.32. The van der Waals surface area contributed by atoms with Gasteiger partial charge in [-0.3, -0.25) is 9.10 Å². The smallest absolute Gasteiger partial charge is 0.265 e. The quantitative estimate of drug-likeness (QED) is 0.264. The van der Waals surface area contributed by atoms with Crippen LogP contribution in [0.3, 0.4) is 0 Å². The molecule has 42 heavy (non-hydrogen) atoms. The molecule has 2 aromatic carbocycles. The number of carboxylic acids is 1. The highest BCUT2D eigenvalue weighted by Crippen LogP contribution is 2.50. The zero-order valence-electron chi connectivity index (χ0n) is 23.3. The summed E-state index contributed by atoms with van der Waals surface area (Å²) >= 11 is 0. The number of aliphatic hydroxyl groups excluding tert-OH is 2. The zero-order valence-corrected chi connectivity index (χ0v) is 24.1. The van der Waals surface area contributed by atoms with Crippen LogP contribution in [0.2, 0.25) is 0 Å². The first-order valence-corrected chi connectivity index (χ1v) is 15.4. The van der Waals surface area contributed by atoms with Crippen LogP contribution in [0, 0.1) is 11.8 Å². The van der Waals surface area contributed by atoms with Gasteiger partial charge in [-0.1, -0.05) is 37.3 Å². The molecule has 1 amide bonds. The summed E-state index contributed by atoms with van der Waals surface area (Å²) in [6.07, 6.45) is 5.24. The third-order valence-corrected chi connectivity index (χ3v) is 10.5. The number of carbonyl (C=O) groups is 2. The molecule has 0 radical (unpaired) electrons. The lowest BCUT2D eigenvalue weighted by Gasteiger charge is -2.47. The van der Waals surface area contributed by atoms with Crippen LogP contribution in [-0.4, -0.2) is 65.3 Å². The molecule has 4 atom stereocenters. The number of carboxylic acid groups (broad SMARTS) is 1. The second kappa shape index (κ2) is 10.4. The van der Waals surface area contributed by atoms with Crippen molar-refractivity contribution in [3.8, 4) is 11.1 Å². The van der Waals surface area contributed by atoms with E-state index in [2.05, 4.69) is 0 Å². The maximum Gasteiger partial charge on any atom is 0.265 e. The Morgan fingerprint density at radius 3 is 2.64 bits per heavy atom. The Balaban J connectivity index is 1.38. The molecule has 3 aliphatic rings. The number of fused-ring (bicyclic) bond motifs is 4. The number of sulfonamides is 1. The summed E-state index contributed by atoms with van der Waals surface area (Å²) in [6.45, 7) is 4.08. The SMILES string of the molecule is C[C@@H](O)[C@H]1C(=O)N2C(C(=O)[O-])=C(CN3c4ccccc4-c4c(CCn5cc[n+](CCO)c5)cccc4S3(=O)=O)[C@H](C)[C@H]12. The maximum atomic E-state index is 14.2. The van der Waals surface area contributed by atoms with Gasteiger partial charge in [0.2, 0.25) is 12.2 Å². The standard InChI is InChI=1S/C30H32N4O7S/c1-18-22(28(30(38)39)34-27(18)25(19(2)36)29(34)37)16-33-23-8-4-3-7-21(23)26-20(6-5-9-24(26)42(33,40)41)10-11-31-12-13-32(17-31)14-15-35/h3-9,12-13,17-19,25,27,35-36H,10-11,14-16H2,1-2H3/t18-,19+,25+,27+/m0/s1. The number of hydrogen-bond acceptors (Lipinski definition) is 7. The van der Waals surface area contributed by atoms with Crippen molar-refractivity contribution in [2.45, 2.75) is 50.4 Å². The van der Waals surface area contributed by atoms with Gasteiger partial charge in [-0.2, -0.15) is 0 Å². The fraction of sp³-hybridized carbons (Fsp3) is 0.367. The number of benzene rings is 2. The van der Waals surface area contributed by atoms with E-state index in [1.54, 1.807) is 31.2 Å². The van der Waals surface area contributed by atoms with Gasteiger partial charge in [0.1, 0.15) is 18.9 Å². The second-order valence-electron chi connectivity index (χ2n) is 11.1. The second-order valence-corrected chi connectivity index (χ2v) is 12.9. The molecular weight excluding hydrogens is 560 g/mol. The molecule has 0 aliphatic carbocycles. The van der Waals surface area contributed by atoms with E-state index in [1.807, 2.05) is 46.1 Å². The molecule has 0 spiro atoms. The first-order chi connectivity index (χ1) is 20.1. The van der Waals surface area contributed by atoms with E-state index in [0.29, 0.717) is 36.3 Å². The Bertz CT molecular complexity index is 1730. The number of hydrogen-bond donors (Lipinski definition) is 2. The van der Waals surface area contributed by atoms with Crippen molar-refractivity contribution in [2.75, 3.05) is 17.5 Å². The minimum Gasteiger partial charge on any atom is -0.543 e. The summed E-state index contributed by atoms with van der Waals surface area (Å²) in [5, 5.41) is 31.7. The predicted octanol–water partition coefficient (Wildman–Crippen LogP) is 0.0478. The van der Waals surface area contributed by atoms with E-state index in [-0.39, 0.29) is 29.3 Å². The number of carbonyl (C=O) groups excluding carboxylic acids is 2. The van der Waals surface area contributed by atoms with Crippen molar-refractivity contribution < 1.29 is 37.9 Å². The van der Waals surface area contributed by atoms with Crippen molar-refractivity contribution in [1.82, 2.24) is 9.47 Å². The maximum absolute atomic E-state index is 14.2. The minimum absolute atomic E-state index is 0.0301. The van der Waals surface area contributed by atoms with Crippen LogP contribution in [0.1, 0.15) is 19.4 Å². The van der Waals surface area contributed by atoms with Gasteiger partial charge in [0.25, 0.3) is 10.0 Å². The van der Waals surface area contributed by atoms with Gasteiger partial charge in [-0.05, 0) is 30.2 Å². The number of aliphatic hydroxyl groups is 2.